The first kappa shape index (κ1) is 87.3. The number of carboxylic acids is 1. The Balaban J connectivity index is 1.04. The average molecular weight is 1690 g/mol. The monoisotopic (exact) mass is 1690 g/mol. The maximum Gasteiger partial charge on any atom is 0.322 e. The van der Waals surface area contributed by atoms with Crippen LogP contribution in [0.5, 0.6) is 51.7 Å². The lowest BCUT2D eigenvalue weighted by atomic mass is 9.83. The lowest BCUT2D eigenvalue weighted by molar-refractivity contribution is -0.334. The van der Waals surface area contributed by atoms with E-state index in [9.17, 15) is 70.2 Å². The van der Waals surface area contributed by atoms with Gasteiger partial charge in [-0.25, -0.2) is 0 Å². The molecule has 636 valence electrons. The van der Waals surface area contributed by atoms with E-state index in [2.05, 4.69) is 49.1 Å². The molecule has 22 N–H and O–H groups in total. The van der Waals surface area contributed by atoms with Gasteiger partial charge in [0.05, 0.1) is 41.9 Å². The van der Waals surface area contributed by atoms with E-state index in [-0.39, 0.29) is 52.8 Å². The Kier molecular flexibility index (Phi) is 27.6. The molecule has 0 unspecified atom stereocenters. The van der Waals surface area contributed by atoms with Crippen molar-refractivity contribution in [2.45, 2.75) is 187 Å². The molecule has 3 fully saturated rings. The number of carbonyl (C=O) groups excluding carboxylic acids is 8. The van der Waals surface area contributed by atoms with Crippen LogP contribution < -0.4 is 72.9 Å². The van der Waals surface area contributed by atoms with Crippen molar-refractivity contribution < 1.29 is 127 Å². The Morgan fingerprint density at radius 3 is 2.03 bits per heavy atom. The number of halogens is 2. The van der Waals surface area contributed by atoms with Crippen molar-refractivity contribution in [1.29, 1.82) is 0 Å². The zero-order valence-corrected chi connectivity index (χ0v) is 65.6. The number of nitrogens with one attached hydrogen (secondary N) is 8. The highest BCUT2D eigenvalue weighted by Gasteiger charge is 2.52. The number of primary amides is 1. The Hall–Kier alpha value is -11.0. The first-order chi connectivity index (χ1) is 56.7. The highest BCUT2D eigenvalue weighted by atomic mass is 35.5. The minimum absolute atomic E-state index is 0.0862. The predicted molar refractivity (Wildman–Crippen MR) is 419 cm³/mol. The van der Waals surface area contributed by atoms with Gasteiger partial charge in [-0.1, -0.05) is 78.9 Å². The van der Waals surface area contributed by atoms with Crippen molar-refractivity contribution >= 4 is 76.4 Å². The number of phenolic OH excluding ortho intramolecular Hbond substituents is 3. The van der Waals surface area contributed by atoms with E-state index < -0.39 is 250 Å². The third-order valence-electron chi connectivity index (χ3n) is 21.7. The molecule has 1 aliphatic carbocycles. The number of hydrogen-bond acceptors (Lipinski definition) is 27. The molecule has 6 aromatic carbocycles. The van der Waals surface area contributed by atoms with Gasteiger partial charge in [0.1, 0.15) is 108 Å². The lowest BCUT2D eigenvalue weighted by Gasteiger charge is -2.48. The summed E-state index contributed by atoms with van der Waals surface area (Å²) in [6, 6.07) is 6.71. The molecule has 7 aliphatic heterocycles. The SMILES string of the molecule is C=CCCOc1cccc(CN[C@@]2(C)C[C@H](O[C@H]3[C@H](Oc4c5cc6cc4Oc4ccc(cc4Cl)[C@@H](O)[C@@H](NC(=O)C[C@@H](N)C4CCCCC4)C(=O)N[C@@H](CC(N)=O)C(=O)N[C@H]6C(=O)N[C@H]4C(=O)N[C@H](C(=O)N[C@H](C(=O)NCC(=O)O)c6cc(O)cc(O)c6-c6cc4ccc6O)[C@H](O)c4ccc(c(Cl)c4)O5)O[C@H](CO)[C@@H](O)[C@@H]3O)O[C@@H](C)[C@H]2O)c1. The number of hydrogen-bond donors (Lipinski definition) is 20. The molecule has 36 nitrogen and oxygen atoms in total. The number of amides is 8. The molecule has 6 aromatic rings. The maximum absolute atomic E-state index is 16.3. The number of phenols is 3. The van der Waals surface area contributed by atoms with E-state index in [4.69, 9.17) is 67.8 Å². The van der Waals surface area contributed by atoms with Gasteiger partial charge in [-0.2, -0.15) is 0 Å². The molecule has 0 spiro atoms. The van der Waals surface area contributed by atoms with Crippen LogP contribution in [0.4, 0.5) is 0 Å². The van der Waals surface area contributed by atoms with Crippen molar-refractivity contribution in [3.63, 3.8) is 0 Å². The summed E-state index contributed by atoms with van der Waals surface area (Å²) >= 11 is 14.3. The molecule has 14 rings (SSSR count). The van der Waals surface area contributed by atoms with E-state index >= 15 is 24.0 Å². The second-order valence-corrected chi connectivity index (χ2v) is 31.0. The Bertz CT molecular complexity index is 4870. The number of aliphatic hydroxyl groups excluding tert-OH is 6. The van der Waals surface area contributed by atoms with E-state index in [1.54, 1.807) is 32.1 Å². The summed E-state index contributed by atoms with van der Waals surface area (Å²) in [4.78, 5) is 132. The molecule has 18 atom stereocenters. The van der Waals surface area contributed by atoms with Gasteiger partial charge in [0.15, 0.2) is 23.9 Å². The Morgan fingerprint density at radius 1 is 0.723 bits per heavy atom. The predicted octanol–water partition coefficient (Wildman–Crippen LogP) is 2.67. The number of ether oxygens (including phenoxy) is 7. The summed E-state index contributed by atoms with van der Waals surface area (Å²) in [5.74, 6) is -16.7. The molecule has 7 heterocycles. The van der Waals surface area contributed by atoms with Crippen LogP contribution >= 0.6 is 23.2 Å². The molecular formula is C81H92Cl2N10O26. The zero-order valence-electron chi connectivity index (χ0n) is 64.1. The second kappa shape index (κ2) is 37.5. The van der Waals surface area contributed by atoms with Gasteiger partial charge in [0.2, 0.25) is 59.3 Å². The molecule has 0 radical (unpaired) electrons. The Morgan fingerprint density at radius 2 is 1.38 bits per heavy atom. The first-order valence-electron chi connectivity index (χ1n) is 38.3. The number of rotatable bonds is 21. The van der Waals surface area contributed by atoms with Crippen molar-refractivity contribution in [3.05, 3.63) is 159 Å². The van der Waals surface area contributed by atoms with E-state index in [1.165, 1.54) is 12.1 Å². The first-order valence-corrected chi connectivity index (χ1v) is 39.0. The minimum Gasteiger partial charge on any atom is -0.508 e. The van der Waals surface area contributed by atoms with E-state index in [0.717, 1.165) is 91.6 Å². The van der Waals surface area contributed by atoms with Crippen LogP contribution in [0.25, 0.3) is 11.1 Å². The van der Waals surface area contributed by atoms with E-state index in [0.29, 0.717) is 31.6 Å². The van der Waals surface area contributed by atoms with Crippen LogP contribution in [0.15, 0.2) is 116 Å². The summed E-state index contributed by atoms with van der Waals surface area (Å²) in [6.07, 6.45) is -13.0. The lowest BCUT2D eigenvalue weighted by Crippen LogP contribution is -2.65. The third-order valence-corrected chi connectivity index (χ3v) is 22.3. The van der Waals surface area contributed by atoms with Crippen LogP contribution in [-0.2, 0) is 63.9 Å². The van der Waals surface area contributed by atoms with Crippen molar-refractivity contribution in [1.82, 2.24) is 42.5 Å². The Labute approximate surface area is 689 Å². The quantitative estimate of drug-likeness (QED) is 0.0364. The smallest absolute Gasteiger partial charge is 0.322 e. The number of carboxylic acid groups (broad SMARTS) is 1. The highest BCUT2D eigenvalue weighted by Crippen LogP contribution is 2.50. The van der Waals surface area contributed by atoms with Gasteiger partial charge in [0, 0.05) is 48.2 Å². The maximum atomic E-state index is 16.3. The van der Waals surface area contributed by atoms with Crippen molar-refractivity contribution in [2.75, 3.05) is 19.8 Å². The molecular weight excluding hydrogens is 1600 g/mol. The average Bonchev–Trinajstić information content (AvgIpc) is 0.765. The molecule has 119 heavy (non-hydrogen) atoms. The molecule has 1 saturated carbocycles. The third kappa shape index (κ3) is 20.0. The summed E-state index contributed by atoms with van der Waals surface area (Å²) in [7, 11) is 0. The van der Waals surface area contributed by atoms with Crippen molar-refractivity contribution in [3.8, 4) is 62.9 Å². The van der Waals surface area contributed by atoms with Gasteiger partial charge in [-0.05, 0) is 139 Å². The molecule has 8 aliphatic rings. The fraction of sp³-hybridized carbons (Fsp3) is 0.420. The summed E-state index contributed by atoms with van der Waals surface area (Å²) < 4.78 is 45.4. The molecule has 2 saturated heterocycles. The fourth-order valence-corrected chi connectivity index (χ4v) is 15.8. The van der Waals surface area contributed by atoms with Gasteiger partial charge in [0.25, 0.3) is 0 Å². The largest absolute Gasteiger partial charge is 0.508 e. The zero-order chi connectivity index (χ0) is 85.6. The molecule has 11 bridgehead atoms. The standard InChI is InChI=1S/C81H92Cl2N10O26/c1-4-5-20-113-43-13-9-10-36(21-43)32-87-81(3)31-60(114-35(2)73(81)106)118-72-70(105)69(104)56(34-94)117-80(72)119-71-54-25-41-26-55(71)116-53-19-16-40(24-47(53)83)68(103)66-79(112)92-64(75(108)86-33-59(100)101)45-27-42(95)28-51(97)61(45)44-22-38(14-17-50(44)96)62(76(109)93-66)91-77(110)63(41)90-74(107)49(30-57(85)98)88-78(111)65(67(102)39-15-18-52(115-54)46(82)23-39)89-58(99)29-48(84)37-11-7-6-8-12-37/h4,9-10,13-19,21-28,35,37,48-49,56,60,62-70,72-73,80,87,94-97,102-106H,1,5-8,11-12,20,29-34,84H2,2-3H3,(H2,85,98)(H,86,108)(H,88,111)(H,89,99)(H,90,107)(H,91,110)(H,92,112)(H,93,109)(H,100,101)/t35-,48+,49-,56+,60-,62+,63+,64-,65+,66-,67+,68+,69+,70-,72+,73+,80-,81-/m0/s1. The van der Waals surface area contributed by atoms with Gasteiger partial charge in [-0.3, -0.25) is 43.2 Å². The summed E-state index contributed by atoms with van der Waals surface area (Å²) in [5, 5.41) is 135. The number of aromatic hydroxyl groups is 3. The van der Waals surface area contributed by atoms with Crippen LogP contribution in [-0.4, -0.2) is 203 Å². The van der Waals surface area contributed by atoms with E-state index in [1.807, 2.05) is 12.1 Å². The summed E-state index contributed by atoms with van der Waals surface area (Å²) in [6.45, 7) is 5.46. The minimum atomic E-state index is -2.39. The van der Waals surface area contributed by atoms with Gasteiger partial charge in [-0.15, -0.1) is 6.58 Å². The second-order valence-electron chi connectivity index (χ2n) is 30.2. The van der Waals surface area contributed by atoms with Crippen LogP contribution in [0.3, 0.4) is 0 Å². The molecule has 8 amide bonds. The fourth-order valence-electron chi connectivity index (χ4n) is 15.3. The normalized spacial score (nSPS) is 27.5. The number of fused-ring (bicyclic) bond motifs is 15. The number of aliphatic hydroxyl groups is 6. The summed E-state index contributed by atoms with van der Waals surface area (Å²) in [5.41, 5.74) is 8.97. The van der Waals surface area contributed by atoms with Crippen molar-refractivity contribution in [2.24, 2.45) is 17.4 Å². The molecule has 0 aromatic heterocycles. The van der Waals surface area contributed by atoms with Gasteiger partial charge >= 0.3 is 5.97 Å². The topological polar surface area (TPSA) is 569 Å². The number of aliphatic carboxylic acids is 1. The number of benzene rings is 6. The number of carbonyl (C=O) groups is 9. The number of nitrogens with two attached hydrogens (primary N) is 2. The van der Waals surface area contributed by atoms with Gasteiger partial charge < -0.3 is 138 Å². The van der Waals surface area contributed by atoms with Crippen LogP contribution in [0, 0.1) is 5.92 Å². The molecule has 38 heteroatoms. The highest BCUT2D eigenvalue weighted by molar-refractivity contribution is 6.32. The van der Waals surface area contributed by atoms with Crippen LogP contribution in [0.1, 0.15) is 135 Å². The van der Waals surface area contributed by atoms with Crippen LogP contribution in [0.2, 0.25) is 10.0 Å².